The van der Waals surface area contributed by atoms with Crippen molar-refractivity contribution >= 4 is 0 Å². The van der Waals surface area contributed by atoms with Gasteiger partial charge in [-0.3, -0.25) is 4.98 Å². The van der Waals surface area contributed by atoms with Crippen LogP contribution in [-0.2, 0) is 6.18 Å². The van der Waals surface area contributed by atoms with Crippen LogP contribution in [0.4, 0.5) is 17.6 Å². The van der Waals surface area contributed by atoms with Gasteiger partial charge in [-0.15, -0.1) is 0 Å². The first kappa shape index (κ1) is 13.5. The van der Waals surface area contributed by atoms with Crippen molar-refractivity contribution < 1.29 is 22.7 Å². The van der Waals surface area contributed by atoms with Crippen LogP contribution in [0.1, 0.15) is 22.9 Å². The van der Waals surface area contributed by atoms with Gasteiger partial charge in [0.1, 0.15) is 11.9 Å². The highest BCUT2D eigenvalue weighted by atomic mass is 19.4. The van der Waals surface area contributed by atoms with E-state index in [1.807, 2.05) is 0 Å². The molecule has 6 heteroatoms. The Balaban J connectivity index is 2.25. The van der Waals surface area contributed by atoms with E-state index in [0.717, 1.165) is 24.3 Å². The molecule has 0 aliphatic rings. The van der Waals surface area contributed by atoms with Crippen LogP contribution in [0.3, 0.4) is 0 Å². The van der Waals surface area contributed by atoms with E-state index in [2.05, 4.69) is 4.98 Å². The maximum Gasteiger partial charge on any atom is 0.417 e. The third kappa shape index (κ3) is 3.08. The number of benzene rings is 1. The summed E-state index contributed by atoms with van der Waals surface area (Å²) in [6.07, 6.45) is -5.00. The second-order valence-electron chi connectivity index (χ2n) is 3.92. The molecule has 0 radical (unpaired) electrons. The van der Waals surface area contributed by atoms with E-state index in [9.17, 15) is 22.7 Å². The Morgan fingerprint density at radius 3 is 2.11 bits per heavy atom. The molecule has 1 unspecified atom stereocenters. The zero-order valence-corrected chi connectivity index (χ0v) is 9.53. The second kappa shape index (κ2) is 4.97. The van der Waals surface area contributed by atoms with Crippen LogP contribution in [0.5, 0.6) is 0 Å². The smallest absolute Gasteiger partial charge is 0.382 e. The molecule has 0 aliphatic heterocycles. The van der Waals surface area contributed by atoms with Crippen molar-refractivity contribution in [2.45, 2.75) is 12.3 Å². The molecule has 0 aliphatic carbocycles. The fourth-order valence-corrected chi connectivity index (χ4v) is 1.55. The monoisotopic (exact) mass is 271 g/mol. The minimum atomic E-state index is -4.47. The molecule has 1 aromatic carbocycles. The number of halogens is 4. The molecule has 19 heavy (non-hydrogen) atoms. The van der Waals surface area contributed by atoms with Gasteiger partial charge in [0.2, 0.25) is 0 Å². The molecule has 100 valence electrons. The number of rotatable bonds is 2. The molecule has 1 aromatic heterocycles. The van der Waals surface area contributed by atoms with Crippen molar-refractivity contribution in [1.29, 1.82) is 0 Å². The lowest BCUT2D eigenvalue weighted by Crippen LogP contribution is -2.08. The zero-order chi connectivity index (χ0) is 14.0. The number of aliphatic hydroxyl groups excluding tert-OH is 1. The maximum atomic E-state index is 12.7. The van der Waals surface area contributed by atoms with E-state index in [1.165, 1.54) is 12.1 Å². The summed E-state index contributed by atoms with van der Waals surface area (Å²) in [5.74, 6) is -0.462. The van der Waals surface area contributed by atoms with Crippen molar-refractivity contribution in [3.05, 3.63) is 65.2 Å². The topological polar surface area (TPSA) is 33.1 Å². The summed E-state index contributed by atoms with van der Waals surface area (Å²) in [7, 11) is 0. The Labute approximate surface area is 106 Å². The largest absolute Gasteiger partial charge is 0.417 e. The normalized spacial score (nSPS) is 13.3. The summed E-state index contributed by atoms with van der Waals surface area (Å²) >= 11 is 0. The Bertz CT molecular complexity index is 548. The molecule has 1 heterocycles. The number of aromatic nitrogens is 1. The summed E-state index contributed by atoms with van der Waals surface area (Å²) in [4.78, 5) is 3.58. The molecular formula is C13H9F4NO. The average Bonchev–Trinajstić information content (AvgIpc) is 2.38. The molecule has 1 atom stereocenters. The molecule has 0 bridgehead atoms. The zero-order valence-electron chi connectivity index (χ0n) is 9.53. The van der Waals surface area contributed by atoms with Gasteiger partial charge >= 0.3 is 6.18 Å². The van der Waals surface area contributed by atoms with Gasteiger partial charge in [-0.25, -0.2) is 4.39 Å². The highest BCUT2D eigenvalue weighted by molar-refractivity contribution is 5.27. The van der Waals surface area contributed by atoms with Gasteiger partial charge in [0.25, 0.3) is 0 Å². The van der Waals surface area contributed by atoms with Crippen molar-refractivity contribution in [2.75, 3.05) is 0 Å². The molecule has 0 spiro atoms. The molecule has 1 N–H and O–H groups in total. The highest BCUT2D eigenvalue weighted by Gasteiger charge is 2.30. The number of pyridine rings is 1. The Morgan fingerprint density at radius 2 is 1.63 bits per heavy atom. The third-order valence-electron chi connectivity index (χ3n) is 2.58. The van der Waals surface area contributed by atoms with E-state index in [-0.39, 0.29) is 5.69 Å². The summed E-state index contributed by atoms with van der Waals surface area (Å²) in [5.41, 5.74) is -0.462. The summed E-state index contributed by atoms with van der Waals surface area (Å²) in [6, 6.07) is 6.94. The second-order valence-corrected chi connectivity index (χ2v) is 3.92. The van der Waals surface area contributed by atoms with Crippen LogP contribution in [-0.4, -0.2) is 10.1 Å². The van der Waals surface area contributed by atoms with Crippen LogP contribution in [0.25, 0.3) is 0 Å². The van der Waals surface area contributed by atoms with Crippen LogP contribution >= 0.6 is 0 Å². The van der Waals surface area contributed by atoms with E-state index in [0.29, 0.717) is 11.8 Å². The van der Waals surface area contributed by atoms with E-state index in [1.54, 1.807) is 0 Å². The van der Waals surface area contributed by atoms with E-state index in [4.69, 9.17) is 0 Å². The average molecular weight is 271 g/mol. The third-order valence-corrected chi connectivity index (χ3v) is 2.58. The van der Waals surface area contributed by atoms with Crippen LogP contribution in [0.2, 0.25) is 0 Å². The first-order chi connectivity index (χ1) is 8.88. The van der Waals surface area contributed by atoms with Crippen LogP contribution < -0.4 is 0 Å². The van der Waals surface area contributed by atoms with Crippen molar-refractivity contribution in [1.82, 2.24) is 4.98 Å². The maximum absolute atomic E-state index is 12.7. The van der Waals surface area contributed by atoms with Gasteiger partial charge < -0.3 is 5.11 Å². The predicted octanol–water partition coefficient (Wildman–Crippen LogP) is 3.32. The van der Waals surface area contributed by atoms with Crippen LogP contribution in [0, 0.1) is 5.82 Å². The predicted molar refractivity (Wildman–Crippen MR) is 59.7 cm³/mol. The SMILES string of the molecule is OC(c1ccc(F)cc1)c1ccc(C(F)(F)F)cn1. The summed E-state index contributed by atoms with van der Waals surface area (Å²) in [6.45, 7) is 0. The fraction of sp³-hybridized carbons (Fsp3) is 0.154. The highest BCUT2D eigenvalue weighted by Crippen LogP contribution is 2.29. The standard InChI is InChI=1S/C13H9F4NO/c14-10-4-1-8(2-5-10)12(19)11-6-3-9(7-18-11)13(15,16)17/h1-7,12,19H. The van der Waals surface area contributed by atoms with Gasteiger partial charge in [0.05, 0.1) is 11.3 Å². The molecular weight excluding hydrogens is 262 g/mol. The molecule has 2 nitrogen and oxygen atoms in total. The summed E-state index contributed by atoms with van der Waals surface area (Å²) in [5, 5.41) is 9.91. The minimum absolute atomic E-state index is 0.0691. The number of alkyl halides is 3. The molecule has 2 rings (SSSR count). The lowest BCUT2D eigenvalue weighted by Gasteiger charge is -2.12. The molecule has 0 fully saturated rings. The first-order valence-electron chi connectivity index (χ1n) is 5.34. The van der Waals surface area contributed by atoms with E-state index < -0.39 is 23.7 Å². The van der Waals surface area contributed by atoms with Gasteiger partial charge in [-0.1, -0.05) is 12.1 Å². The van der Waals surface area contributed by atoms with Crippen molar-refractivity contribution in [2.24, 2.45) is 0 Å². The lowest BCUT2D eigenvalue weighted by molar-refractivity contribution is -0.137. The van der Waals surface area contributed by atoms with Gasteiger partial charge in [0, 0.05) is 6.20 Å². The number of nitrogens with zero attached hydrogens (tertiary/aromatic N) is 1. The van der Waals surface area contributed by atoms with Crippen molar-refractivity contribution in [3.8, 4) is 0 Å². The Hall–Kier alpha value is -1.95. The van der Waals surface area contributed by atoms with Crippen molar-refractivity contribution in [3.63, 3.8) is 0 Å². The quantitative estimate of drug-likeness (QED) is 0.850. The number of aliphatic hydroxyl groups is 1. The Morgan fingerprint density at radius 1 is 1.00 bits per heavy atom. The molecule has 2 aromatic rings. The van der Waals surface area contributed by atoms with Gasteiger partial charge in [0.15, 0.2) is 0 Å². The number of hydrogen-bond donors (Lipinski definition) is 1. The van der Waals surface area contributed by atoms with Crippen LogP contribution in [0.15, 0.2) is 42.6 Å². The van der Waals surface area contributed by atoms with Gasteiger partial charge in [-0.05, 0) is 29.8 Å². The van der Waals surface area contributed by atoms with Gasteiger partial charge in [-0.2, -0.15) is 13.2 Å². The Kier molecular flexibility index (Phi) is 3.53. The first-order valence-corrected chi connectivity index (χ1v) is 5.34. The fourth-order valence-electron chi connectivity index (χ4n) is 1.55. The van der Waals surface area contributed by atoms with E-state index >= 15 is 0 Å². The molecule has 0 saturated heterocycles. The number of hydrogen-bond acceptors (Lipinski definition) is 2. The minimum Gasteiger partial charge on any atom is -0.382 e. The molecule has 0 saturated carbocycles. The summed E-state index contributed by atoms with van der Waals surface area (Å²) < 4.78 is 49.7. The lowest BCUT2D eigenvalue weighted by atomic mass is 10.1. The molecule has 0 amide bonds.